The van der Waals surface area contributed by atoms with Crippen LogP contribution in [0.5, 0.6) is 0 Å². The molecule has 8 aliphatic rings. The minimum absolute atomic E-state index is 0.000897. The van der Waals surface area contributed by atoms with E-state index in [1.807, 2.05) is 13.8 Å². The summed E-state index contributed by atoms with van der Waals surface area (Å²) in [4.78, 5) is 191. The van der Waals surface area contributed by atoms with Crippen LogP contribution in [0.25, 0.3) is 0 Å². The number of fused-ring (bicyclic) bond motifs is 1. The van der Waals surface area contributed by atoms with Crippen LogP contribution in [0.1, 0.15) is 200 Å². The zero-order valence-electron chi connectivity index (χ0n) is 61.9. The Kier molecular flexibility index (Phi) is 29.2. The van der Waals surface area contributed by atoms with E-state index in [9.17, 15) is 41.9 Å². The number of nitrogens with zero attached hydrogens (tertiary/aromatic N) is 9. The summed E-state index contributed by atoms with van der Waals surface area (Å²) in [7, 11) is 10.0. The molecule has 1 spiro atoms. The molecule has 3 N–H and O–H groups in total. The Morgan fingerprint density at radius 2 is 1.18 bits per heavy atom. The molecule has 102 heavy (non-hydrogen) atoms. The fraction of sp³-hybridized carbons (Fsp3) is 0.836. The maximum atomic E-state index is 15.8. The Hall–Kier alpha value is -6.32. The summed E-state index contributed by atoms with van der Waals surface area (Å²) in [5, 5.41) is 7.55. The molecule has 574 valence electrons. The lowest BCUT2D eigenvalue weighted by Crippen LogP contribution is -2.65. The van der Waals surface area contributed by atoms with Crippen molar-refractivity contribution in [1.29, 1.82) is 0 Å². The normalized spacial score (nSPS) is 30.2. The van der Waals surface area contributed by atoms with Gasteiger partial charge in [0.05, 0.1) is 44.7 Å². The summed E-state index contributed by atoms with van der Waals surface area (Å²) in [6, 6.07) is -8.74. The van der Waals surface area contributed by atoms with Gasteiger partial charge in [0.25, 0.3) is 0 Å². The minimum Gasteiger partial charge on any atom is -0.376 e. The number of carbonyl (C=O) groups is 12. The van der Waals surface area contributed by atoms with E-state index in [0.29, 0.717) is 58.0 Å². The van der Waals surface area contributed by atoms with Crippen LogP contribution in [-0.4, -0.2) is 276 Å². The Labute approximate surface area is 605 Å². The first-order valence-corrected chi connectivity index (χ1v) is 38.4. The molecule has 0 radical (unpaired) electrons. The number of rotatable bonds is 12. The number of ether oxygens (including phenoxy) is 1. The summed E-state index contributed by atoms with van der Waals surface area (Å²) in [6.45, 7) is 2.61. The van der Waals surface area contributed by atoms with Crippen molar-refractivity contribution in [3.63, 3.8) is 0 Å². The van der Waals surface area contributed by atoms with Crippen LogP contribution in [0, 0.1) is 29.6 Å². The molecule has 3 unspecified atom stereocenters. The Morgan fingerprint density at radius 1 is 0.569 bits per heavy atom. The quantitative estimate of drug-likeness (QED) is 0.201. The summed E-state index contributed by atoms with van der Waals surface area (Å²) in [5.41, 5.74) is -1.55. The number of alkyl halides is 4. The Morgan fingerprint density at radius 3 is 1.79 bits per heavy atom. The largest absolute Gasteiger partial charge is 0.393 e. The number of likely N-dealkylation sites (N-methyl/N-ethyl adjacent to an activating group) is 7. The Balaban J connectivity index is 1.15. The van der Waals surface area contributed by atoms with Crippen molar-refractivity contribution < 1.29 is 75.4 Å². The molecule has 0 aromatic carbocycles. The van der Waals surface area contributed by atoms with Gasteiger partial charge in [-0.1, -0.05) is 78.1 Å². The van der Waals surface area contributed by atoms with E-state index in [0.717, 1.165) is 85.3 Å². The van der Waals surface area contributed by atoms with Gasteiger partial charge < -0.3 is 64.8 Å². The van der Waals surface area contributed by atoms with Gasteiger partial charge in [0, 0.05) is 74.3 Å². The molecule has 10 atom stereocenters. The second-order valence-electron chi connectivity index (χ2n) is 31.5. The average Bonchev–Trinajstić information content (AvgIpc) is 1.47. The van der Waals surface area contributed by atoms with Gasteiger partial charge in [-0.05, 0) is 139 Å². The molecule has 8 fully saturated rings. The van der Waals surface area contributed by atoms with Crippen LogP contribution in [-0.2, 0) is 62.3 Å². The topological polar surface area (TPSA) is 279 Å². The number of hydrogen-bond donors (Lipinski definition) is 3. The number of piperidine rings is 1. The van der Waals surface area contributed by atoms with E-state index < -0.39 is 168 Å². The molecule has 0 aromatic heterocycles. The van der Waals surface area contributed by atoms with Gasteiger partial charge in [-0.25, -0.2) is 0 Å². The molecule has 3 saturated heterocycles. The lowest BCUT2D eigenvalue weighted by Gasteiger charge is -2.43. The van der Waals surface area contributed by atoms with Crippen molar-refractivity contribution in [2.45, 2.75) is 266 Å². The average molecular weight is 1460 g/mol. The van der Waals surface area contributed by atoms with Gasteiger partial charge in [-0.15, -0.1) is 11.6 Å². The maximum absolute atomic E-state index is 15.8. The number of likely N-dealkylation sites (tertiary alicyclic amines) is 1. The molecule has 29 heteroatoms. The number of halogens is 4. The molecule has 8 rings (SSSR count). The molecule has 5 aliphatic carbocycles. The second kappa shape index (κ2) is 36.6. The third-order valence-corrected chi connectivity index (χ3v) is 23.8. The van der Waals surface area contributed by atoms with Crippen molar-refractivity contribution in [3.05, 3.63) is 0 Å². The summed E-state index contributed by atoms with van der Waals surface area (Å²) >= 11 is 6.41. The van der Waals surface area contributed by atoms with Crippen LogP contribution >= 0.6 is 11.6 Å². The highest BCUT2D eigenvalue weighted by Crippen LogP contribution is 2.44. The van der Waals surface area contributed by atoms with Crippen molar-refractivity contribution in [2.75, 3.05) is 95.2 Å². The van der Waals surface area contributed by atoms with E-state index >= 15 is 28.8 Å². The first-order valence-electron chi connectivity index (χ1n) is 37.9. The smallest absolute Gasteiger partial charge is 0.376 e. The predicted octanol–water partition coefficient (Wildman–Crippen LogP) is 5.62. The monoisotopic (exact) mass is 1460 g/mol. The second-order valence-corrected chi connectivity index (χ2v) is 32.0. The fourth-order valence-corrected chi connectivity index (χ4v) is 17.4. The molecule has 5 saturated carbocycles. The summed E-state index contributed by atoms with van der Waals surface area (Å²) in [5.74, 6) is -10.2. The highest BCUT2D eigenvalue weighted by molar-refractivity contribution is 6.21. The van der Waals surface area contributed by atoms with Crippen molar-refractivity contribution >= 4 is 82.5 Å². The van der Waals surface area contributed by atoms with Crippen LogP contribution in [0.3, 0.4) is 0 Å². The van der Waals surface area contributed by atoms with Crippen LogP contribution in [0.4, 0.5) is 13.2 Å². The van der Waals surface area contributed by atoms with Gasteiger partial charge in [0.2, 0.25) is 70.9 Å². The summed E-state index contributed by atoms with van der Waals surface area (Å²) in [6.07, 6.45) is 8.72. The van der Waals surface area contributed by atoms with Crippen LogP contribution in [0.15, 0.2) is 0 Å². The number of amides is 12. The van der Waals surface area contributed by atoms with Crippen molar-refractivity contribution in [3.8, 4) is 0 Å². The lowest BCUT2D eigenvalue weighted by molar-refractivity contribution is -0.182. The van der Waals surface area contributed by atoms with Gasteiger partial charge in [0.15, 0.2) is 0 Å². The zero-order chi connectivity index (χ0) is 74.5. The van der Waals surface area contributed by atoms with Gasteiger partial charge in [-0.3, -0.25) is 57.5 Å². The maximum Gasteiger partial charge on any atom is 0.393 e. The third-order valence-electron chi connectivity index (χ3n) is 23.3. The first-order chi connectivity index (χ1) is 48.3. The van der Waals surface area contributed by atoms with Crippen LogP contribution < -0.4 is 16.0 Å². The van der Waals surface area contributed by atoms with Crippen molar-refractivity contribution in [2.24, 2.45) is 29.6 Å². The number of nitrogens with one attached hydrogen (secondary N) is 3. The molecule has 3 heterocycles. The molecule has 12 amide bonds. The Bertz CT molecular complexity index is 2970. The van der Waals surface area contributed by atoms with E-state index in [1.54, 1.807) is 4.90 Å². The highest BCUT2D eigenvalue weighted by atomic mass is 35.5. The first kappa shape index (κ1) is 81.4. The van der Waals surface area contributed by atoms with E-state index in [-0.39, 0.29) is 101 Å². The number of hydrogen-bond acceptors (Lipinski definition) is 13. The molecule has 3 aliphatic heterocycles. The minimum atomic E-state index is -4.51. The molecular weight excluding hydrogens is 1350 g/mol. The highest BCUT2D eigenvalue weighted by Gasteiger charge is 2.52. The molecule has 0 aromatic rings. The molecular formula is C73H116ClF3N12O13. The standard InChI is InChI=1S/C73H116ClF3N12O13/c1-46(2)38-56-64(94)79-54(45-102-50-29-30-50)66(96)83(5)43-61(92)81(3)44-62(93)85(7)57(40-47-22-13-10-14-23-47)68(98)82(4)42-59(90)78-53(32-28-48-27-31-51(52(74)39-48)73(75,76)77)67(97)89-37-21-26-55(89)65(95)80-72(33-17-18-34-72)71(101)87(9)63(49-24-15-11-16-25-49)70(100)86(8)58(41-60(91)84(56)6)69(99)88-35-19-12-20-36-88/h46-58,63H,10-45H2,1-9H3,(H,78,90)(H,79,94)(H,80,95)/t48?,51?,52?,53-,54-,55-,56-,57-,58-,63-/m0/s1. The third kappa shape index (κ3) is 21.0. The molecule has 25 nitrogen and oxygen atoms in total. The SMILES string of the molecule is CC(C)C[C@H]1C(=O)N[C@@H](COC2CC2)C(=O)N(C)CC(=O)N(C)CC(=O)N(C)[C@@H](CC2CCCCC2)C(=O)N(C)CC(=O)N[C@@H](CCC2CCC(C(F)(F)F)C(Cl)C2)C(=O)N2CCC[C@H]2C(=O)NC2(CCCC2)C(=O)N(C)[C@@H](C2CCCCC2)C(=O)N(C)[C@H](C(=O)N2CCCCC2)CC(=O)N1C. The number of carbonyl (C=O) groups excluding carboxylic acids is 12. The van der Waals surface area contributed by atoms with E-state index in [2.05, 4.69) is 16.0 Å². The summed E-state index contributed by atoms with van der Waals surface area (Å²) < 4.78 is 48.1. The lowest BCUT2D eigenvalue weighted by atomic mass is 9.78. The van der Waals surface area contributed by atoms with Gasteiger partial charge >= 0.3 is 6.18 Å². The molecule has 0 bridgehead atoms. The fourth-order valence-electron chi connectivity index (χ4n) is 16.8. The van der Waals surface area contributed by atoms with Gasteiger partial charge in [0.1, 0.15) is 47.8 Å². The predicted molar refractivity (Wildman–Crippen MR) is 374 cm³/mol. The van der Waals surface area contributed by atoms with Crippen molar-refractivity contribution in [1.82, 2.24) is 60.0 Å². The zero-order valence-corrected chi connectivity index (χ0v) is 62.6. The van der Waals surface area contributed by atoms with Gasteiger partial charge in [-0.2, -0.15) is 13.2 Å². The van der Waals surface area contributed by atoms with E-state index in [1.165, 1.54) is 73.8 Å². The van der Waals surface area contributed by atoms with Crippen LogP contribution in [0.2, 0.25) is 0 Å². The van der Waals surface area contributed by atoms with E-state index in [4.69, 9.17) is 16.3 Å².